The van der Waals surface area contributed by atoms with E-state index in [9.17, 15) is 0 Å². The molecule has 37 heavy (non-hydrogen) atoms. The van der Waals surface area contributed by atoms with Crippen LogP contribution in [0.5, 0.6) is 0 Å². The molecule has 5 heteroatoms. The molecule has 0 spiro atoms. The van der Waals surface area contributed by atoms with Crippen LogP contribution >= 0.6 is 0 Å². The zero-order valence-corrected chi connectivity index (χ0v) is 27.8. The first-order chi connectivity index (χ1) is 16.7. The average Bonchev–Trinajstić information content (AvgIpc) is 3.48. The van der Waals surface area contributed by atoms with Crippen molar-refractivity contribution in [2.45, 2.75) is 75.6 Å². The van der Waals surface area contributed by atoms with Crippen molar-refractivity contribution in [2.24, 2.45) is 0 Å². The van der Waals surface area contributed by atoms with Crippen LogP contribution in [-0.4, -0.2) is 8.07 Å². The summed E-state index contributed by atoms with van der Waals surface area (Å²) in [7, 11) is -1.10. The third-order valence-corrected chi connectivity index (χ3v) is 14.2. The van der Waals surface area contributed by atoms with Gasteiger partial charge >= 0.3 is 143 Å². The van der Waals surface area contributed by atoms with Gasteiger partial charge in [0.15, 0.2) is 0 Å². The Bertz CT molecular complexity index is 1330. The number of aryl methyl sites for hydroxylation is 2. The maximum Gasteiger partial charge on any atom is -1.00 e. The molecule has 0 N–H and O–H groups in total. The Morgan fingerprint density at radius 3 is 2.24 bits per heavy atom. The summed E-state index contributed by atoms with van der Waals surface area (Å²) in [6.07, 6.45) is 7.53. The zero-order valence-electron chi connectivity index (χ0n) is 22.8. The van der Waals surface area contributed by atoms with Gasteiger partial charge in [0.2, 0.25) is 0 Å². The molecule has 1 nitrogen and oxygen atoms in total. The Morgan fingerprint density at radius 2 is 1.62 bits per heavy atom. The first kappa shape index (κ1) is 30.4. The fourth-order valence-electron chi connectivity index (χ4n) is 6.52. The quantitative estimate of drug-likeness (QED) is 0.313. The second-order valence-electron chi connectivity index (χ2n) is 11.1. The third-order valence-electron chi connectivity index (χ3n) is 8.22. The summed E-state index contributed by atoms with van der Waals surface area (Å²) in [5, 5.41) is 1.67. The number of furan rings is 1. The molecular weight excluding hydrogens is 591 g/mol. The molecule has 2 bridgehead atoms. The molecule has 2 unspecified atom stereocenters. The van der Waals surface area contributed by atoms with Crippen LogP contribution in [0.2, 0.25) is 13.1 Å². The molecule has 2 aromatic carbocycles. The van der Waals surface area contributed by atoms with E-state index in [0.29, 0.717) is 9.17 Å². The van der Waals surface area contributed by atoms with E-state index in [4.69, 9.17) is 4.42 Å². The minimum absolute atomic E-state index is 0. The summed E-state index contributed by atoms with van der Waals surface area (Å²) in [6, 6.07) is 18.2. The molecule has 2 aliphatic heterocycles. The third kappa shape index (κ3) is 5.36. The van der Waals surface area contributed by atoms with E-state index < -0.39 is 8.07 Å². The van der Waals surface area contributed by atoms with E-state index in [1.54, 1.807) is 35.5 Å². The van der Waals surface area contributed by atoms with E-state index >= 15 is 0 Å². The monoisotopic (exact) mass is 625 g/mol. The Balaban J connectivity index is 0.000000217. The van der Waals surface area contributed by atoms with Crippen LogP contribution in [0.25, 0.3) is 22.4 Å². The second-order valence-corrected chi connectivity index (χ2v) is 17.1. The molecular formula is C32H37Cl2OSiZr. The number of fused-ring (bicyclic) bond motifs is 1. The van der Waals surface area contributed by atoms with Crippen LogP contribution in [0, 0.1) is 6.92 Å². The largest absolute Gasteiger partial charge is 1.00 e. The van der Waals surface area contributed by atoms with Crippen LogP contribution in [0.4, 0.5) is 0 Å². The zero-order chi connectivity index (χ0) is 24.9. The molecule has 193 valence electrons. The van der Waals surface area contributed by atoms with Crippen molar-refractivity contribution in [3.63, 3.8) is 0 Å². The van der Waals surface area contributed by atoms with Gasteiger partial charge in [-0.25, -0.2) is 0 Å². The van der Waals surface area contributed by atoms with E-state index in [1.165, 1.54) is 70.4 Å². The maximum absolute atomic E-state index is 5.78. The van der Waals surface area contributed by atoms with Crippen LogP contribution in [0.3, 0.4) is 0 Å². The molecule has 0 saturated heterocycles. The van der Waals surface area contributed by atoms with Crippen molar-refractivity contribution >= 4 is 19.3 Å². The van der Waals surface area contributed by atoms with E-state index in [0.717, 1.165) is 5.76 Å². The molecule has 1 aromatic heterocycles. The summed E-state index contributed by atoms with van der Waals surface area (Å²) in [5.74, 6) is 2.35. The molecule has 0 fully saturated rings. The minimum Gasteiger partial charge on any atom is -1.00 e. The molecule has 0 amide bonds. The average molecular weight is 628 g/mol. The Hall–Kier alpha value is -1.12. The van der Waals surface area contributed by atoms with Gasteiger partial charge in [-0.3, -0.25) is 0 Å². The first-order valence-electron chi connectivity index (χ1n) is 13.2. The van der Waals surface area contributed by atoms with Crippen molar-refractivity contribution < 1.29 is 54.0 Å². The fraction of sp³-hybridized carbons (Fsp3) is 0.375. The smallest absolute Gasteiger partial charge is 1.00 e. The standard InChI is InChI=1S/C21H23.C11H14OSi.2ClH.Zr/c1-3-4-5-7-17-10-12-18(13-11-17)20-9-6-8-19-14-16(2)15-21(19)20;1-6-5-8-9(12-6)11-7(2)10(8)13(11,3)4;;;/h6,8-15H,3-5,7H2,1-2H3;5,11H,1-4H3;2*1H;/q;;;;+2/p-2. The van der Waals surface area contributed by atoms with Crippen molar-refractivity contribution in [3.8, 4) is 11.1 Å². The maximum atomic E-state index is 5.78. The van der Waals surface area contributed by atoms with Gasteiger partial charge in [0.05, 0.1) is 8.07 Å². The Kier molecular flexibility index (Phi) is 9.83. The van der Waals surface area contributed by atoms with Crippen molar-refractivity contribution in [3.05, 3.63) is 93.5 Å². The molecule has 0 saturated carbocycles. The van der Waals surface area contributed by atoms with Gasteiger partial charge in [0.1, 0.15) is 11.5 Å². The van der Waals surface area contributed by atoms with Crippen molar-refractivity contribution in [2.75, 3.05) is 0 Å². The van der Waals surface area contributed by atoms with Gasteiger partial charge in [-0.15, -0.1) is 0 Å². The van der Waals surface area contributed by atoms with E-state index in [-0.39, 0.29) is 24.8 Å². The summed E-state index contributed by atoms with van der Waals surface area (Å²) in [5.41, 5.74) is 12.4. The fourth-order valence-corrected chi connectivity index (χ4v) is 11.6. The predicted octanol–water partition coefficient (Wildman–Crippen LogP) is 3.36. The first-order valence-corrected chi connectivity index (χ1v) is 17.7. The number of hydrogen-bond donors (Lipinski definition) is 0. The van der Waals surface area contributed by atoms with Gasteiger partial charge in [-0.05, 0) is 25.1 Å². The summed E-state index contributed by atoms with van der Waals surface area (Å²) < 4.78 is 6.43. The van der Waals surface area contributed by atoms with Gasteiger partial charge in [0, 0.05) is 11.1 Å². The molecule has 0 radical (unpaired) electrons. The topological polar surface area (TPSA) is 13.1 Å². The van der Waals surface area contributed by atoms with Crippen LogP contribution in [0.15, 0.2) is 64.1 Å². The number of unbranched alkanes of at least 4 members (excludes halogenated alkanes) is 2. The molecule has 4 aliphatic rings. The second kappa shape index (κ2) is 12.0. The van der Waals surface area contributed by atoms with E-state index in [2.05, 4.69) is 88.5 Å². The van der Waals surface area contributed by atoms with Gasteiger partial charge < -0.3 is 29.2 Å². The van der Waals surface area contributed by atoms with Crippen LogP contribution < -0.4 is 24.8 Å². The molecule has 2 aliphatic carbocycles. The molecule has 3 aromatic rings. The normalized spacial score (nSPS) is 19.5. The Labute approximate surface area is 251 Å². The SMILES string of the molecule is CC1=C2c3cc(C)oc3C1[Si]2(C)C.CCCCCc1ccc(-c2cccc3c2C=C(C)[CH]3[Zr+2])cc1.[Cl-].[Cl-]. The summed E-state index contributed by atoms with van der Waals surface area (Å²) in [4.78, 5) is 0. The summed E-state index contributed by atoms with van der Waals surface area (Å²) >= 11 is 1.59. The van der Waals surface area contributed by atoms with Crippen LogP contribution in [0.1, 0.15) is 83.0 Å². The van der Waals surface area contributed by atoms with Gasteiger partial charge in [-0.2, -0.15) is 0 Å². The number of halogens is 2. The number of benzene rings is 2. The minimum atomic E-state index is -1.10. The predicted molar refractivity (Wildman–Crippen MR) is 148 cm³/mol. The number of rotatable bonds is 5. The van der Waals surface area contributed by atoms with Crippen molar-refractivity contribution in [1.29, 1.82) is 0 Å². The van der Waals surface area contributed by atoms with Gasteiger partial charge in [0.25, 0.3) is 0 Å². The molecule has 3 heterocycles. The number of allylic oxidation sites excluding steroid dienone is 2. The molecule has 7 rings (SSSR count). The van der Waals surface area contributed by atoms with Gasteiger partial charge in [-0.1, -0.05) is 25.6 Å². The van der Waals surface area contributed by atoms with Crippen LogP contribution in [-0.2, 0) is 31.1 Å². The van der Waals surface area contributed by atoms with Crippen molar-refractivity contribution in [1.82, 2.24) is 0 Å². The number of hydrogen-bond acceptors (Lipinski definition) is 1. The van der Waals surface area contributed by atoms with E-state index in [1.807, 2.05) is 6.92 Å². The molecule has 2 atom stereocenters. The Morgan fingerprint density at radius 1 is 0.919 bits per heavy atom. The summed E-state index contributed by atoms with van der Waals surface area (Å²) in [6.45, 7) is 13.7.